The van der Waals surface area contributed by atoms with Gasteiger partial charge in [0.1, 0.15) is 5.69 Å². The van der Waals surface area contributed by atoms with Crippen molar-refractivity contribution in [2.24, 2.45) is 0 Å². The van der Waals surface area contributed by atoms with Gasteiger partial charge in [-0.1, -0.05) is 44.2 Å². The highest BCUT2D eigenvalue weighted by atomic mass is 16.2. The summed E-state index contributed by atoms with van der Waals surface area (Å²) < 4.78 is 1.61. The Kier molecular flexibility index (Phi) is 4.31. The first kappa shape index (κ1) is 15.1. The number of hydrogen-bond acceptors (Lipinski definition) is 3. The number of aryl methyl sites for hydroxylation is 1. The Labute approximate surface area is 125 Å². The Bertz CT molecular complexity index is 616. The molecule has 0 radical (unpaired) electrons. The minimum Gasteiger partial charge on any atom is -0.396 e. The normalized spacial score (nSPS) is 11.4. The lowest BCUT2D eigenvalue weighted by Crippen LogP contribution is -2.37. The van der Waals surface area contributed by atoms with Crippen molar-refractivity contribution in [3.8, 4) is 0 Å². The van der Waals surface area contributed by atoms with Crippen molar-refractivity contribution < 1.29 is 4.79 Å². The molecule has 5 heteroatoms. The highest BCUT2D eigenvalue weighted by molar-refractivity contribution is 5.97. The minimum absolute atomic E-state index is 0.150. The molecule has 0 fully saturated rings. The van der Waals surface area contributed by atoms with Gasteiger partial charge >= 0.3 is 0 Å². The predicted molar refractivity (Wildman–Crippen MR) is 84.1 cm³/mol. The minimum atomic E-state index is -0.184. The summed E-state index contributed by atoms with van der Waals surface area (Å²) in [4.78, 5) is 12.3. The summed E-state index contributed by atoms with van der Waals surface area (Å²) >= 11 is 0. The lowest BCUT2D eigenvalue weighted by molar-refractivity contribution is 0.0936. The zero-order valence-corrected chi connectivity index (χ0v) is 12.8. The number of nitrogens with two attached hydrogens (primary N) is 1. The van der Waals surface area contributed by atoms with Crippen LogP contribution in [0.4, 0.5) is 5.69 Å². The van der Waals surface area contributed by atoms with Crippen LogP contribution < -0.4 is 11.1 Å². The van der Waals surface area contributed by atoms with Gasteiger partial charge in [0.05, 0.1) is 11.9 Å². The van der Waals surface area contributed by atoms with Crippen LogP contribution in [0, 0.1) is 0 Å². The topological polar surface area (TPSA) is 72.9 Å². The number of amides is 1. The van der Waals surface area contributed by atoms with Gasteiger partial charge in [-0.05, 0) is 12.5 Å². The molecule has 0 spiro atoms. The van der Waals surface area contributed by atoms with Crippen molar-refractivity contribution in [3.63, 3.8) is 0 Å². The third-order valence-electron chi connectivity index (χ3n) is 3.63. The van der Waals surface area contributed by atoms with Gasteiger partial charge in [0.2, 0.25) is 0 Å². The molecule has 2 rings (SSSR count). The van der Waals surface area contributed by atoms with Gasteiger partial charge in [-0.3, -0.25) is 9.48 Å². The molecule has 1 amide bonds. The number of hydrogen-bond donors (Lipinski definition) is 2. The van der Waals surface area contributed by atoms with E-state index >= 15 is 0 Å². The monoisotopic (exact) mass is 286 g/mol. The van der Waals surface area contributed by atoms with Gasteiger partial charge in [-0.25, -0.2) is 0 Å². The van der Waals surface area contributed by atoms with Crippen molar-refractivity contribution in [2.75, 3.05) is 12.3 Å². The molecule has 1 aromatic carbocycles. The molecule has 0 aliphatic heterocycles. The van der Waals surface area contributed by atoms with Crippen molar-refractivity contribution in [2.45, 2.75) is 32.7 Å². The third-order valence-corrected chi connectivity index (χ3v) is 3.63. The second-order valence-corrected chi connectivity index (χ2v) is 5.70. The second-order valence-electron chi connectivity index (χ2n) is 5.70. The van der Waals surface area contributed by atoms with E-state index in [0.717, 1.165) is 0 Å². The van der Waals surface area contributed by atoms with Crippen LogP contribution in [-0.4, -0.2) is 22.2 Å². The molecule has 5 nitrogen and oxygen atoms in total. The number of nitrogen functional groups attached to an aromatic ring is 1. The molecule has 0 saturated heterocycles. The van der Waals surface area contributed by atoms with E-state index in [-0.39, 0.29) is 11.3 Å². The van der Waals surface area contributed by atoms with E-state index in [1.54, 1.807) is 4.68 Å². The van der Waals surface area contributed by atoms with Crippen LogP contribution >= 0.6 is 0 Å². The fourth-order valence-electron chi connectivity index (χ4n) is 2.26. The van der Waals surface area contributed by atoms with E-state index in [1.165, 1.54) is 11.8 Å². The van der Waals surface area contributed by atoms with Crippen LogP contribution in [0.15, 0.2) is 36.5 Å². The maximum atomic E-state index is 12.3. The van der Waals surface area contributed by atoms with Crippen molar-refractivity contribution in [1.29, 1.82) is 0 Å². The molecule has 0 bridgehead atoms. The van der Waals surface area contributed by atoms with Crippen LogP contribution in [0.2, 0.25) is 0 Å². The molecule has 0 atom stereocenters. The van der Waals surface area contributed by atoms with E-state index in [9.17, 15) is 4.79 Å². The van der Waals surface area contributed by atoms with Crippen LogP contribution in [0.1, 0.15) is 36.8 Å². The highest BCUT2D eigenvalue weighted by Gasteiger charge is 2.23. The molecule has 0 saturated carbocycles. The number of nitrogens with zero attached hydrogens (tertiary/aromatic N) is 2. The number of carbonyl (C=O) groups is 1. The molecule has 0 unspecified atom stereocenters. The molecule has 21 heavy (non-hydrogen) atoms. The third kappa shape index (κ3) is 3.24. The van der Waals surface area contributed by atoms with Gasteiger partial charge in [0.15, 0.2) is 0 Å². The lowest BCUT2D eigenvalue weighted by Gasteiger charge is -2.25. The highest BCUT2D eigenvalue weighted by Crippen LogP contribution is 2.22. The number of nitrogens with one attached hydrogen (secondary N) is 1. The van der Waals surface area contributed by atoms with Crippen LogP contribution in [0.5, 0.6) is 0 Å². The molecule has 0 aliphatic rings. The number of anilines is 1. The number of benzene rings is 1. The van der Waals surface area contributed by atoms with Gasteiger partial charge < -0.3 is 11.1 Å². The van der Waals surface area contributed by atoms with Gasteiger partial charge in [0, 0.05) is 18.5 Å². The molecule has 2 aromatic rings. The first-order valence-electron chi connectivity index (χ1n) is 7.10. The lowest BCUT2D eigenvalue weighted by atomic mass is 9.84. The predicted octanol–water partition coefficient (Wildman–Crippen LogP) is 2.19. The maximum absolute atomic E-state index is 12.3. The molecular formula is C16H22N4O. The van der Waals surface area contributed by atoms with Crippen molar-refractivity contribution >= 4 is 11.6 Å². The fraction of sp³-hybridized carbons (Fsp3) is 0.375. The summed E-state index contributed by atoms with van der Waals surface area (Å²) in [7, 11) is 0. The average molecular weight is 286 g/mol. The van der Waals surface area contributed by atoms with Crippen LogP contribution in [0.3, 0.4) is 0 Å². The smallest absolute Gasteiger partial charge is 0.271 e. The fourth-order valence-corrected chi connectivity index (χ4v) is 2.26. The van der Waals surface area contributed by atoms with E-state index in [4.69, 9.17) is 5.73 Å². The average Bonchev–Trinajstić information content (AvgIpc) is 2.87. The number of aromatic nitrogens is 2. The molecule has 1 aromatic heterocycles. The number of rotatable bonds is 5. The Morgan fingerprint density at radius 3 is 2.62 bits per heavy atom. The van der Waals surface area contributed by atoms with Crippen LogP contribution in [0.25, 0.3) is 0 Å². The van der Waals surface area contributed by atoms with E-state index < -0.39 is 0 Å². The summed E-state index contributed by atoms with van der Waals surface area (Å²) in [5.41, 5.74) is 7.70. The van der Waals surface area contributed by atoms with Gasteiger partial charge in [-0.15, -0.1) is 0 Å². The van der Waals surface area contributed by atoms with Gasteiger partial charge in [-0.2, -0.15) is 5.10 Å². The van der Waals surface area contributed by atoms with E-state index in [2.05, 4.69) is 36.4 Å². The zero-order valence-electron chi connectivity index (χ0n) is 12.8. The molecule has 112 valence electrons. The summed E-state index contributed by atoms with van der Waals surface area (Å²) in [5, 5.41) is 7.05. The molecular weight excluding hydrogens is 264 g/mol. The van der Waals surface area contributed by atoms with Crippen molar-refractivity contribution in [1.82, 2.24) is 15.1 Å². The zero-order chi connectivity index (χ0) is 15.5. The maximum Gasteiger partial charge on any atom is 0.271 e. The van der Waals surface area contributed by atoms with Crippen molar-refractivity contribution in [3.05, 3.63) is 47.8 Å². The summed E-state index contributed by atoms with van der Waals surface area (Å²) in [6.07, 6.45) is 1.51. The Morgan fingerprint density at radius 1 is 1.33 bits per heavy atom. The number of carbonyl (C=O) groups excluding carboxylic acids is 1. The molecule has 0 aliphatic carbocycles. The molecule has 1 heterocycles. The summed E-state index contributed by atoms with van der Waals surface area (Å²) in [6.45, 7) is 7.27. The van der Waals surface area contributed by atoms with E-state index in [1.807, 2.05) is 25.1 Å². The molecule has 3 N–H and O–H groups in total. The van der Waals surface area contributed by atoms with E-state index in [0.29, 0.717) is 24.5 Å². The Balaban J connectivity index is 2.09. The SMILES string of the molecule is CCn1ncc(N)c1C(=O)NCC(C)(C)c1ccccc1. The van der Waals surface area contributed by atoms with Crippen LogP contribution in [-0.2, 0) is 12.0 Å². The Morgan fingerprint density at radius 2 is 2.00 bits per heavy atom. The largest absolute Gasteiger partial charge is 0.396 e. The van der Waals surface area contributed by atoms with Gasteiger partial charge in [0.25, 0.3) is 5.91 Å². The second kappa shape index (κ2) is 5.99. The first-order chi connectivity index (χ1) is 9.95. The standard InChI is InChI=1S/C16H22N4O/c1-4-20-14(13(17)10-19-20)15(21)18-11-16(2,3)12-8-6-5-7-9-12/h5-10H,4,11,17H2,1-3H3,(H,18,21). The Hall–Kier alpha value is -2.30. The summed E-state index contributed by atoms with van der Waals surface area (Å²) in [5.74, 6) is -0.184. The quantitative estimate of drug-likeness (QED) is 0.885. The summed E-state index contributed by atoms with van der Waals surface area (Å²) in [6, 6.07) is 10.1. The first-order valence-corrected chi connectivity index (χ1v) is 7.10.